The molecule has 102 valence electrons. The summed E-state index contributed by atoms with van der Waals surface area (Å²) in [7, 11) is 3.30. The third kappa shape index (κ3) is 3.11. The quantitative estimate of drug-likeness (QED) is 0.854. The minimum atomic E-state index is -0.306. The van der Waals surface area contributed by atoms with Crippen LogP contribution in [0.4, 0.5) is 4.39 Å². The number of thiophene rings is 1. The summed E-state index contributed by atoms with van der Waals surface area (Å²) in [6.07, 6.45) is 0. The lowest BCUT2D eigenvalue weighted by molar-refractivity contribution is 0.410. The third-order valence-electron chi connectivity index (χ3n) is 2.76. The van der Waals surface area contributed by atoms with Crippen LogP contribution in [-0.2, 0) is 0 Å². The van der Waals surface area contributed by atoms with Gasteiger partial charge in [-0.25, -0.2) is 4.39 Å². The summed E-state index contributed by atoms with van der Waals surface area (Å²) in [4.78, 5) is 0.948. The number of halogens is 3. The molecule has 1 unspecified atom stereocenters. The Morgan fingerprint density at radius 2 is 2.16 bits per heavy atom. The van der Waals surface area contributed by atoms with Gasteiger partial charge in [-0.05, 0) is 35.1 Å². The van der Waals surface area contributed by atoms with E-state index in [2.05, 4.69) is 21.2 Å². The van der Waals surface area contributed by atoms with Crippen LogP contribution in [0.2, 0.25) is 4.34 Å². The molecule has 2 rings (SSSR count). The highest BCUT2D eigenvalue weighted by molar-refractivity contribution is 9.10. The lowest BCUT2D eigenvalue weighted by atomic mass is 10.0. The van der Waals surface area contributed by atoms with Gasteiger partial charge in [0, 0.05) is 21.0 Å². The van der Waals surface area contributed by atoms with E-state index in [1.54, 1.807) is 19.2 Å². The van der Waals surface area contributed by atoms with E-state index in [1.165, 1.54) is 24.5 Å². The molecule has 0 saturated carbocycles. The Balaban J connectivity index is 2.42. The van der Waals surface area contributed by atoms with Gasteiger partial charge >= 0.3 is 0 Å². The standard InChI is InChI=1S/C13H12BrClFNOS/c1-17-12(11-6-9(14)13(15)19-11)8-4-3-7(18-2)5-10(8)16/h3-6,12,17H,1-2H3. The fraction of sp³-hybridized carbons (Fsp3) is 0.231. The molecule has 1 N–H and O–H groups in total. The van der Waals surface area contributed by atoms with Crippen molar-refractivity contribution in [2.24, 2.45) is 0 Å². The predicted molar refractivity (Wildman–Crippen MR) is 80.9 cm³/mol. The first-order valence-electron chi connectivity index (χ1n) is 5.52. The SMILES string of the molecule is CNC(c1cc(Br)c(Cl)s1)c1ccc(OC)cc1F. The zero-order valence-electron chi connectivity index (χ0n) is 10.3. The summed E-state index contributed by atoms with van der Waals surface area (Å²) in [6.45, 7) is 0. The predicted octanol–water partition coefficient (Wildman–Crippen LogP) is 4.62. The van der Waals surface area contributed by atoms with Gasteiger partial charge < -0.3 is 10.1 Å². The fourth-order valence-corrected chi connectivity index (χ4v) is 3.69. The van der Waals surface area contributed by atoms with Crippen LogP contribution in [0, 0.1) is 5.82 Å². The van der Waals surface area contributed by atoms with E-state index in [0.29, 0.717) is 15.6 Å². The van der Waals surface area contributed by atoms with Crippen molar-refractivity contribution in [2.45, 2.75) is 6.04 Å². The van der Waals surface area contributed by atoms with Crippen molar-refractivity contribution >= 4 is 38.9 Å². The third-order valence-corrected chi connectivity index (χ3v) is 5.30. The van der Waals surface area contributed by atoms with Gasteiger partial charge in [0.1, 0.15) is 15.9 Å². The zero-order valence-corrected chi connectivity index (χ0v) is 13.5. The van der Waals surface area contributed by atoms with Crippen LogP contribution in [0.15, 0.2) is 28.7 Å². The van der Waals surface area contributed by atoms with Crippen molar-refractivity contribution in [1.29, 1.82) is 0 Å². The smallest absolute Gasteiger partial charge is 0.132 e. The fourth-order valence-electron chi connectivity index (χ4n) is 1.83. The molecule has 6 heteroatoms. The van der Waals surface area contributed by atoms with E-state index in [4.69, 9.17) is 16.3 Å². The van der Waals surface area contributed by atoms with Crippen LogP contribution >= 0.6 is 38.9 Å². The molecule has 1 aromatic carbocycles. The number of rotatable bonds is 4. The summed E-state index contributed by atoms with van der Waals surface area (Å²) in [5, 5.41) is 3.10. The molecule has 0 saturated heterocycles. The number of nitrogens with one attached hydrogen (secondary N) is 1. The molecule has 0 aliphatic carbocycles. The molecule has 0 bridgehead atoms. The Morgan fingerprint density at radius 3 is 2.63 bits per heavy atom. The van der Waals surface area contributed by atoms with Crippen molar-refractivity contribution in [3.8, 4) is 5.75 Å². The molecule has 0 radical (unpaired) electrons. The van der Waals surface area contributed by atoms with Crippen LogP contribution in [-0.4, -0.2) is 14.2 Å². The Morgan fingerprint density at radius 1 is 1.42 bits per heavy atom. The summed E-state index contributed by atoms with van der Waals surface area (Å²) < 4.78 is 20.6. The molecule has 2 aromatic rings. The number of methoxy groups -OCH3 is 1. The number of hydrogen-bond donors (Lipinski definition) is 1. The number of ether oxygens (including phenoxy) is 1. The van der Waals surface area contributed by atoms with Crippen LogP contribution in [0.1, 0.15) is 16.5 Å². The van der Waals surface area contributed by atoms with Crippen molar-refractivity contribution in [1.82, 2.24) is 5.32 Å². The summed E-state index contributed by atoms with van der Waals surface area (Å²) in [5.41, 5.74) is 0.564. The van der Waals surface area contributed by atoms with Gasteiger partial charge in [0.2, 0.25) is 0 Å². The summed E-state index contributed by atoms with van der Waals surface area (Å²) >= 11 is 10.8. The van der Waals surface area contributed by atoms with Crippen molar-refractivity contribution in [2.75, 3.05) is 14.2 Å². The Kier molecular flexibility index (Phi) is 4.84. The van der Waals surface area contributed by atoms with Gasteiger partial charge in [-0.3, -0.25) is 0 Å². The van der Waals surface area contributed by atoms with Gasteiger partial charge in [0.05, 0.1) is 13.2 Å². The Hall–Kier alpha value is -0.620. The Labute approximate surface area is 128 Å². The maximum Gasteiger partial charge on any atom is 0.132 e. The van der Waals surface area contributed by atoms with Gasteiger partial charge in [-0.2, -0.15) is 0 Å². The zero-order chi connectivity index (χ0) is 14.0. The average molecular weight is 365 g/mol. The minimum absolute atomic E-state index is 0.236. The van der Waals surface area contributed by atoms with Gasteiger partial charge in [-0.1, -0.05) is 17.7 Å². The normalized spacial score (nSPS) is 12.5. The molecule has 0 aliphatic heterocycles. The molecule has 0 aliphatic rings. The molecule has 0 spiro atoms. The second-order valence-electron chi connectivity index (χ2n) is 3.88. The molecule has 1 atom stereocenters. The molecule has 1 aromatic heterocycles. The molecule has 1 heterocycles. The van der Waals surface area contributed by atoms with E-state index < -0.39 is 0 Å². The van der Waals surface area contributed by atoms with E-state index in [-0.39, 0.29) is 11.9 Å². The molecule has 19 heavy (non-hydrogen) atoms. The van der Waals surface area contributed by atoms with E-state index in [9.17, 15) is 4.39 Å². The van der Waals surface area contributed by atoms with Crippen molar-refractivity contribution in [3.63, 3.8) is 0 Å². The van der Waals surface area contributed by atoms with E-state index >= 15 is 0 Å². The largest absolute Gasteiger partial charge is 0.497 e. The summed E-state index contributed by atoms with van der Waals surface area (Å²) in [6, 6.07) is 6.51. The second-order valence-corrected chi connectivity index (χ2v) is 6.42. The average Bonchev–Trinajstić information content (AvgIpc) is 2.72. The first kappa shape index (κ1) is 14.8. The lowest BCUT2D eigenvalue weighted by Crippen LogP contribution is -2.17. The van der Waals surface area contributed by atoms with Gasteiger partial charge in [0.15, 0.2) is 0 Å². The van der Waals surface area contributed by atoms with Crippen LogP contribution in [0.3, 0.4) is 0 Å². The van der Waals surface area contributed by atoms with Crippen molar-refractivity contribution in [3.05, 3.63) is 49.3 Å². The van der Waals surface area contributed by atoms with Gasteiger partial charge in [-0.15, -0.1) is 11.3 Å². The lowest BCUT2D eigenvalue weighted by Gasteiger charge is -2.16. The second kappa shape index (κ2) is 6.22. The van der Waals surface area contributed by atoms with E-state index in [1.807, 2.05) is 6.07 Å². The summed E-state index contributed by atoms with van der Waals surface area (Å²) in [5.74, 6) is 0.195. The molecular weight excluding hydrogens is 353 g/mol. The molecule has 0 amide bonds. The monoisotopic (exact) mass is 363 g/mol. The van der Waals surface area contributed by atoms with Gasteiger partial charge in [0.25, 0.3) is 0 Å². The molecular formula is C13H12BrClFNOS. The topological polar surface area (TPSA) is 21.3 Å². The highest BCUT2D eigenvalue weighted by atomic mass is 79.9. The molecule has 2 nitrogen and oxygen atoms in total. The van der Waals surface area contributed by atoms with Crippen LogP contribution in [0.25, 0.3) is 0 Å². The van der Waals surface area contributed by atoms with Crippen LogP contribution < -0.4 is 10.1 Å². The minimum Gasteiger partial charge on any atom is -0.497 e. The first-order valence-corrected chi connectivity index (χ1v) is 7.51. The van der Waals surface area contributed by atoms with Crippen LogP contribution in [0.5, 0.6) is 5.75 Å². The van der Waals surface area contributed by atoms with Crippen molar-refractivity contribution < 1.29 is 9.13 Å². The number of benzene rings is 1. The maximum absolute atomic E-state index is 14.1. The highest BCUT2D eigenvalue weighted by Crippen LogP contribution is 2.38. The maximum atomic E-state index is 14.1. The van der Waals surface area contributed by atoms with E-state index in [0.717, 1.165) is 9.35 Å². The first-order chi connectivity index (χ1) is 9.06. The Bertz CT molecular complexity index is 571. The molecule has 0 fully saturated rings. The highest BCUT2D eigenvalue weighted by Gasteiger charge is 2.20. The number of hydrogen-bond acceptors (Lipinski definition) is 3.